The van der Waals surface area contributed by atoms with Gasteiger partial charge in [0.25, 0.3) is 0 Å². The number of halogens is 1. The minimum Gasteiger partial charge on any atom is -0.183 e. The zero-order chi connectivity index (χ0) is 11.3. The van der Waals surface area contributed by atoms with Gasteiger partial charge < -0.3 is 0 Å². The summed E-state index contributed by atoms with van der Waals surface area (Å²) in [6, 6.07) is 0. The van der Waals surface area contributed by atoms with Crippen LogP contribution in [0, 0.1) is 10.2 Å². The molecule has 1 saturated carbocycles. The summed E-state index contributed by atoms with van der Waals surface area (Å²) in [6.45, 7) is 0. The fourth-order valence-corrected chi connectivity index (χ4v) is 9.79. The molecule has 1 aliphatic carbocycles. The molecule has 1 heterocycles. The number of hydrogen-bond acceptors (Lipinski definition) is 8. The standard InChI is InChI=1S/C6H10S4.ClHO4/c1-2-4-6-5(3-1)7-9-10-8-6;2-1(3,4)5/h5-6H,1-4H2;(H,2,3,4,5). The van der Waals surface area contributed by atoms with E-state index < -0.39 is 10.2 Å². The molecular formula is C6H11ClO4S4. The van der Waals surface area contributed by atoms with Crippen LogP contribution in [0.15, 0.2) is 0 Å². The van der Waals surface area contributed by atoms with E-state index in [0.29, 0.717) is 0 Å². The minimum absolute atomic E-state index is 0.977. The van der Waals surface area contributed by atoms with Crippen molar-refractivity contribution in [1.29, 1.82) is 0 Å². The molecule has 0 amide bonds. The number of hydrogen-bond donors (Lipinski definition) is 1. The average Bonchev–Trinajstić information content (AvgIpc) is 2.16. The molecule has 0 aromatic rings. The predicted octanol–water partition coefficient (Wildman–Crippen LogP) is -0.135. The molecule has 0 aromatic carbocycles. The second kappa shape index (κ2) is 7.07. The van der Waals surface area contributed by atoms with E-state index in [-0.39, 0.29) is 0 Å². The maximum Gasteiger partial charge on any atom is 0.0777 e. The van der Waals surface area contributed by atoms with Crippen molar-refractivity contribution in [1.82, 2.24) is 0 Å². The first-order valence-corrected chi connectivity index (χ1v) is 10.5. The lowest BCUT2D eigenvalue weighted by Gasteiger charge is -2.32. The van der Waals surface area contributed by atoms with Crippen molar-refractivity contribution in [2.45, 2.75) is 36.2 Å². The zero-order valence-electron chi connectivity index (χ0n) is 7.67. The lowest BCUT2D eigenvalue weighted by molar-refractivity contribution is -1.92. The van der Waals surface area contributed by atoms with E-state index in [1.165, 1.54) is 25.7 Å². The Balaban J connectivity index is 0.000000195. The normalized spacial score (nSPS) is 31.2. The highest BCUT2D eigenvalue weighted by Crippen LogP contribution is 2.58. The molecule has 2 atom stereocenters. The van der Waals surface area contributed by atoms with E-state index >= 15 is 0 Å². The molecule has 0 aromatic heterocycles. The maximum absolute atomic E-state index is 8.60. The third-order valence-corrected chi connectivity index (χ3v) is 9.54. The molecule has 1 N–H and O–H groups in total. The van der Waals surface area contributed by atoms with Crippen LogP contribution >= 0.6 is 41.2 Å². The molecule has 90 valence electrons. The van der Waals surface area contributed by atoms with Crippen LogP contribution < -0.4 is 14.0 Å². The number of fused-ring (bicyclic) bond motifs is 1. The Bertz CT molecular complexity index is 158. The molecule has 0 radical (unpaired) electrons. The molecule has 4 nitrogen and oxygen atoms in total. The Morgan fingerprint density at radius 2 is 1.27 bits per heavy atom. The lowest BCUT2D eigenvalue weighted by atomic mass is 10.00. The van der Waals surface area contributed by atoms with Gasteiger partial charge in [-0.05, 0) is 32.5 Å². The van der Waals surface area contributed by atoms with E-state index in [4.69, 9.17) is 18.6 Å². The van der Waals surface area contributed by atoms with Crippen molar-refractivity contribution in [2.24, 2.45) is 0 Å². The molecule has 1 aliphatic heterocycles. The minimum atomic E-state index is -4.69. The van der Waals surface area contributed by atoms with E-state index in [1.54, 1.807) is 0 Å². The van der Waals surface area contributed by atoms with Crippen molar-refractivity contribution in [3.63, 3.8) is 0 Å². The van der Waals surface area contributed by atoms with E-state index in [1.807, 2.05) is 19.7 Å². The van der Waals surface area contributed by atoms with Gasteiger partial charge in [0.1, 0.15) is 0 Å². The molecule has 1 saturated heterocycles. The Morgan fingerprint density at radius 3 is 1.60 bits per heavy atom. The summed E-state index contributed by atoms with van der Waals surface area (Å²) in [6.07, 6.45) is 5.88. The summed E-state index contributed by atoms with van der Waals surface area (Å²) < 4.78 is 32.7. The maximum atomic E-state index is 8.60. The first-order chi connectivity index (χ1) is 6.97. The van der Waals surface area contributed by atoms with Crippen LogP contribution in [-0.2, 0) is 0 Å². The van der Waals surface area contributed by atoms with E-state index in [2.05, 4.69) is 21.6 Å². The Hall–Kier alpha value is 1.53. The molecule has 2 rings (SSSR count). The smallest absolute Gasteiger partial charge is 0.0777 e. The molecule has 2 unspecified atom stereocenters. The van der Waals surface area contributed by atoms with Crippen LogP contribution in [0.1, 0.15) is 25.7 Å². The summed E-state index contributed by atoms with van der Waals surface area (Å²) in [5, 5.41) is 1.95. The highest BCUT2D eigenvalue weighted by atomic mass is 35.7. The van der Waals surface area contributed by atoms with Crippen molar-refractivity contribution in [3.05, 3.63) is 0 Å². The van der Waals surface area contributed by atoms with Crippen LogP contribution in [0.5, 0.6) is 0 Å². The monoisotopic (exact) mass is 310 g/mol. The number of rotatable bonds is 0. The second-order valence-corrected chi connectivity index (χ2v) is 10.2. The van der Waals surface area contributed by atoms with Gasteiger partial charge in [0, 0.05) is 10.5 Å². The van der Waals surface area contributed by atoms with Gasteiger partial charge in [-0.2, -0.15) is 14.0 Å². The third-order valence-electron chi connectivity index (χ3n) is 2.00. The van der Waals surface area contributed by atoms with Gasteiger partial charge in [0.2, 0.25) is 0 Å². The lowest BCUT2D eigenvalue weighted by Crippen LogP contribution is -2.58. The Kier molecular flexibility index (Phi) is 6.88. The van der Waals surface area contributed by atoms with Gasteiger partial charge in [-0.1, -0.05) is 34.4 Å². The van der Waals surface area contributed by atoms with Crippen LogP contribution in [-0.4, -0.2) is 15.2 Å². The molecule has 0 spiro atoms. The fourth-order valence-electron chi connectivity index (χ4n) is 1.42. The van der Waals surface area contributed by atoms with Gasteiger partial charge in [-0.25, -0.2) is 0 Å². The van der Waals surface area contributed by atoms with Crippen LogP contribution in [0.4, 0.5) is 0 Å². The third kappa shape index (κ3) is 7.45. The summed E-state index contributed by atoms with van der Waals surface area (Å²) in [5.41, 5.74) is 0. The van der Waals surface area contributed by atoms with Gasteiger partial charge in [0.15, 0.2) is 0 Å². The molecule has 0 bridgehead atoms. The van der Waals surface area contributed by atoms with Crippen molar-refractivity contribution < 1.29 is 28.9 Å². The van der Waals surface area contributed by atoms with Crippen LogP contribution in [0.2, 0.25) is 0 Å². The molecule has 15 heavy (non-hydrogen) atoms. The predicted molar refractivity (Wildman–Crippen MR) is 58.6 cm³/mol. The van der Waals surface area contributed by atoms with Gasteiger partial charge in [-0.3, -0.25) is 0 Å². The average molecular weight is 311 g/mol. The molecule has 2 aliphatic rings. The van der Waals surface area contributed by atoms with Gasteiger partial charge in [-0.15, -0.1) is 0 Å². The first kappa shape index (κ1) is 14.6. The zero-order valence-corrected chi connectivity index (χ0v) is 11.7. The summed E-state index contributed by atoms with van der Waals surface area (Å²) in [4.78, 5) is 0. The largest absolute Gasteiger partial charge is 0.183 e. The highest BCUT2D eigenvalue weighted by Gasteiger charge is 2.29. The summed E-state index contributed by atoms with van der Waals surface area (Å²) in [7, 11) is 3.47. The van der Waals surface area contributed by atoms with E-state index in [0.717, 1.165) is 10.5 Å². The summed E-state index contributed by atoms with van der Waals surface area (Å²) in [5.74, 6) is 0. The summed E-state index contributed by atoms with van der Waals surface area (Å²) >= 11 is 0. The van der Waals surface area contributed by atoms with E-state index in [9.17, 15) is 0 Å². The van der Waals surface area contributed by atoms with Crippen LogP contribution in [0.25, 0.3) is 0 Å². The molecule has 2 fully saturated rings. The van der Waals surface area contributed by atoms with Crippen molar-refractivity contribution in [2.75, 3.05) is 0 Å². The van der Waals surface area contributed by atoms with Crippen molar-refractivity contribution in [3.8, 4) is 0 Å². The second-order valence-electron chi connectivity index (χ2n) is 3.09. The quantitative estimate of drug-likeness (QED) is 0.619. The van der Waals surface area contributed by atoms with Gasteiger partial charge >= 0.3 is 0 Å². The topological polar surface area (TPSA) is 89.4 Å². The molecule has 9 heteroatoms. The molecular weight excluding hydrogens is 300 g/mol. The van der Waals surface area contributed by atoms with Gasteiger partial charge in [0.05, 0.1) is 14.9 Å². The Morgan fingerprint density at radius 1 is 0.933 bits per heavy atom. The highest BCUT2D eigenvalue weighted by molar-refractivity contribution is 9.27. The first-order valence-electron chi connectivity index (χ1n) is 4.25. The van der Waals surface area contributed by atoms with Crippen molar-refractivity contribution >= 4 is 41.2 Å². The Labute approximate surface area is 106 Å². The van der Waals surface area contributed by atoms with Crippen LogP contribution in [0.3, 0.4) is 0 Å². The SMILES string of the molecule is C1CCC2SSSSC2C1.[O-][Cl+3]([O-])([O-])O. The fraction of sp³-hybridized carbons (Fsp3) is 1.00.